The van der Waals surface area contributed by atoms with Gasteiger partial charge in [0.05, 0.1) is 7.11 Å². The Labute approximate surface area is 105 Å². The zero-order valence-corrected chi connectivity index (χ0v) is 10.1. The fourth-order valence-corrected chi connectivity index (χ4v) is 1.53. The lowest BCUT2D eigenvalue weighted by atomic mass is 10.2. The Morgan fingerprint density at radius 3 is 2.32 bits per heavy atom. The average Bonchev–Trinajstić information content (AvgIpc) is 2.26. The van der Waals surface area contributed by atoms with Gasteiger partial charge in [-0.1, -0.05) is 0 Å². The molecule has 0 heterocycles. The van der Waals surface area contributed by atoms with Crippen LogP contribution >= 0.6 is 0 Å². The second kappa shape index (κ2) is 4.96. The van der Waals surface area contributed by atoms with E-state index in [-0.39, 0.29) is 11.3 Å². The molecular weight excluding hydrogens is 293 g/mol. The molecule has 0 saturated heterocycles. The second-order valence-corrected chi connectivity index (χ2v) is 4.69. The molecule has 0 aliphatic carbocycles. The van der Waals surface area contributed by atoms with Crippen molar-refractivity contribution >= 4 is 16.1 Å². The highest BCUT2D eigenvalue weighted by Gasteiger charge is 2.48. The Balaban J connectivity index is 3.16. The van der Waals surface area contributed by atoms with E-state index >= 15 is 0 Å². The first-order valence-electron chi connectivity index (χ1n) is 4.50. The summed E-state index contributed by atoms with van der Waals surface area (Å²) in [6, 6.07) is 2.37. The van der Waals surface area contributed by atoms with Gasteiger partial charge in [-0.2, -0.15) is 21.6 Å². The van der Waals surface area contributed by atoms with E-state index in [0.29, 0.717) is 0 Å². The van der Waals surface area contributed by atoms with Gasteiger partial charge in [0.2, 0.25) is 0 Å². The average molecular weight is 300 g/mol. The minimum absolute atomic E-state index is 0.331. The number of hydrogen-bond donors (Lipinski definition) is 1. The topological polar surface area (TPSA) is 89.9 Å². The van der Waals surface area contributed by atoms with Crippen molar-refractivity contribution < 1.29 is 40.4 Å². The van der Waals surface area contributed by atoms with Gasteiger partial charge in [0.15, 0.2) is 0 Å². The number of alkyl halides is 3. The summed E-state index contributed by atoms with van der Waals surface area (Å²) < 4.78 is 66.1. The van der Waals surface area contributed by atoms with Crippen LogP contribution < -0.4 is 8.92 Å². The maximum absolute atomic E-state index is 12.1. The largest absolute Gasteiger partial charge is 0.534 e. The minimum atomic E-state index is -5.81. The first-order valence-corrected chi connectivity index (χ1v) is 5.91. The SMILES string of the molecule is COc1cc(OS(=O)(=O)C(F)(F)F)ccc1C(=O)O. The van der Waals surface area contributed by atoms with Crippen molar-refractivity contribution in [3.63, 3.8) is 0 Å². The lowest BCUT2D eigenvalue weighted by Crippen LogP contribution is -2.28. The minimum Gasteiger partial charge on any atom is -0.496 e. The Hall–Kier alpha value is -1.97. The standard InChI is InChI=1S/C9H7F3O6S/c1-17-7-4-5(2-3-6(7)8(13)14)18-19(15,16)9(10,11)12/h2-4H,1H3,(H,13,14). The number of benzene rings is 1. The molecule has 1 N–H and O–H groups in total. The Morgan fingerprint density at radius 1 is 1.32 bits per heavy atom. The zero-order valence-electron chi connectivity index (χ0n) is 9.26. The molecule has 1 aromatic carbocycles. The summed E-state index contributed by atoms with van der Waals surface area (Å²) >= 11 is 0. The van der Waals surface area contributed by atoms with Crippen LogP contribution in [0.5, 0.6) is 11.5 Å². The first kappa shape index (κ1) is 15.1. The molecule has 0 unspecified atom stereocenters. The summed E-state index contributed by atoms with van der Waals surface area (Å²) in [7, 11) is -4.74. The zero-order chi connectivity index (χ0) is 14.8. The molecule has 0 aliphatic heterocycles. The van der Waals surface area contributed by atoms with Crippen LogP contribution in [0.2, 0.25) is 0 Å². The van der Waals surface area contributed by atoms with Gasteiger partial charge in [0.25, 0.3) is 0 Å². The molecule has 106 valence electrons. The lowest BCUT2D eigenvalue weighted by Gasteiger charge is -2.11. The van der Waals surface area contributed by atoms with Gasteiger partial charge in [-0.15, -0.1) is 0 Å². The number of hydrogen-bond acceptors (Lipinski definition) is 5. The summed E-state index contributed by atoms with van der Waals surface area (Å²) in [4.78, 5) is 10.7. The molecule has 0 aromatic heterocycles. The smallest absolute Gasteiger partial charge is 0.496 e. The van der Waals surface area contributed by atoms with Crippen LogP contribution in [0.25, 0.3) is 0 Å². The van der Waals surface area contributed by atoms with Crippen LogP contribution in [0.15, 0.2) is 18.2 Å². The first-order chi connectivity index (χ1) is 8.58. The number of carbonyl (C=O) groups is 1. The summed E-state index contributed by atoms with van der Waals surface area (Å²) in [5.41, 5.74) is -5.93. The van der Waals surface area contributed by atoms with Crippen LogP contribution in [0.4, 0.5) is 13.2 Å². The number of carboxylic acids is 1. The quantitative estimate of drug-likeness (QED) is 0.671. The Bertz CT molecular complexity index is 592. The molecule has 1 rings (SSSR count). The van der Waals surface area contributed by atoms with Crippen molar-refractivity contribution in [1.29, 1.82) is 0 Å². The fourth-order valence-electron chi connectivity index (χ4n) is 1.07. The molecule has 0 bridgehead atoms. The third kappa shape index (κ3) is 3.28. The third-order valence-corrected chi connectivity index (χ3v) is 2.87. The Morgan fingerprint density at radius 2 is 1.89 bits per heavy atom. The number of halogens is 3. The van der Waals surface area contributed by atoms with Crippen molar-refractivity contribution in [3.05, 3.63) is 23.8 Å². The Kier molecular flexibility index (Phi) is 3.94. The predicted octanol–water partition coefficient (Wildman–Crippen LogP) is 1.62. The van der Waals surface area contributed by atoms with Gasteiger partial charge < -0.3 is 14.0 Å². The molecule has 0 radical (unpaired) electrons. The highest BCUT2D eigenvalue weighted by molar-refractivity contribution is 7.88. The predicted molar refractivity (Wildman–Crippen MR) is 55.6 cm³/mol. The lowest BCUT2D eigenvalue weighted by molar-refractivity contribution is -0.0500. The van der Waals surface area contributed by atoms with Gasteiger partial charge in [-0.3, -0.25) is 0 Å². The summed E-state index contributed by atoms with van der Waals surface area (Å²) in [5, 5.41) is 8.73. The number of aromatic carboxylic acids is 1. The van der Waals surface area contributed by atoms with Crippen molar-refractivity contribution in [1.82, 2.24) is 0 Å². The van der Waals surface area contributed by atoms with Crippen LogP contribution in [0.3, 0.4) is 0 Å². The van der Waals surface area contributed by atoms with E-state index in [9.17, 15) is 26.4 Å². The molecular formula is C9H7F3O6S. The molecule has 0 spiro atoms. The van der Waals surface area contributed by atoms with Crippen LogP contribution in [0.1, 0.15) is 10.4 Å². The third-order valence-electron chi connectivity index (χ3n) is 1.89. The van der Waals surface area contributed by atoms with E-state index < -0.39 is 27.3 Å². The number of rotatable bonds is 4. The van der Waals surface area contributed by atoms with Crippen molar-refractivity contribution in [2.75, 3.05) is 7.11 Å². The van der Waals surface area contributed by atoms with Gasteiger partial charge >= 0.3 is 21.6 Å². The second-order valence-electron chi connectivity index (χ2n) is 3.15. The monoisotopic (exact) mass is 300 g/mol. The van der Waals surface area contributed by atoms with Crippen LogP contribution in [0, 0.1) is 0 Å². The molecule has 0 atom stereocenters. The van der Waals surface area contributed by atoms with E-state index in [1.54, 1.807) is 0 Å². The highest BCUT2D eigenvalue weighted by Crippen LogP contribution is 2.30. The van der Waals surface area contributed by atoms with E-state index in [0.717, 1.165) is 25.3 Å². The van der Waals surface area contributed by atoms with Crippen LogP contribution in [-0.2, 0) is 10.1 Å². The summed E-state index contributed by atoms with van der Waals surface area (Å²) in [5.74, 6) is -2.43. The molecule has 10 heteroatoms. The van der Waals surface area contributed by atoms with Gasteiger partial charge in [0.1, 0.15) is 17.1 Å². The summed E-state index contributed by atoms with van der Waals surface area (Å²) in [6.45, 7) is 0. The molecule has 0 saturated carbocycles. The maximum Gasteiger partial charge on any atom is 0.534 e. The number of carboxylic acid groups (broad SMARTS) is 1. The molecule has 1 aromatic rings. The van der Waals surface area contributed by atoms with E-state index in [2.05, 4.69) is 8.92 Å². The molecule has 0 aliphatic rings. The van der Waals surface area contributed by atoms with Crippen molar-refractivity contribution in [2.24, 2.45) is 0 Å². The van der Waals surface area contributed by atoms with Crippen molar-refractivity contribution in [2.45, 2.75) is 5.51 Å². The number of methoxy groups -OCH3 is 1. The van der Waals surface area contributed by atoms with E-state index in [4.69, 9.17) is 5.11 Å². The van der Waals surface area contributed by atoms with E-state index in [1.165, 1.54) is 0 Å². The van der Waals surface area contributed by atoms with Gasteiger partial charge in [0, 0.05) is 6.07 Å². The fraction of sp³-hybridized carbons (Fsp3) is 0.222. The molecule has 0 fully saturated rings. The normalized spacial score (nSPS) is 12.0. The van der Waals surface area contributed by atoms with Crippen LogP contribution in [-0.4, -0.2) is 32.1 Å². The highest BCUT2D eigenvalue weighted by atomic mass is 32.2. The van der Waals surface area contributed by atoms with E-state index in [1.807, 2.05) is 0 Å². The maximum atomic E-state index is 12.1. The summed E-state index contributed by atoms with van der Waals surface area (Å²) in [6.07, 6.45) is 0. The molecule has 19 heavy (non-hydrogen) atoms. The van der Waals surface area contributed by atoms with Gasteiger partial charge in [-0.25, -0.2) is 4.79 Å². The molecule has 6 nitrogen and oxygen atoms in total. The van der Waals surface area contributed by atoms with Crippen molar-refractivity contribution in [3.8, 4) is 11.5 Å². The molecule has 0 amide bonds. The van der Waals surface area contributed by atoms with Gasteiger partial charge in [-0.05, 0) is 12.1 Å². The number of ether oxygens (including phenoxy) is 1.